The largest absolute Gasteiger partial charge is 0.481 e. The molecular weight excluding hydrogens is 318 g/mol. The number of carbonyl (C=O) groups is 2. The molecule has 1 aliphatic rings. The van der Waals surface area contributed by atoms with Crippen LogP contribution >= 0.6 is 0 Å². The number of carbonyl (C=O) groups excluding carboxylic acids is 1. The van der Waals surface area contributed by atoms with Gasteiger partial charge in [0.15, 0.2) is 0 Å². The number of hydrogen-bond acceptors (Lipinski definition) is 3. The number of rotatable bonds is 4. The van der Waals surface area contributed by atoms with Crippen LogP contribution in [0.1, 0.15) is 36.5 Å². The average Bonchev–Trinajstić information content (AvgIpc) is 2.62. The van der Waals surface area contributed by atoms with Crippen molar-refractivity contribution in [3.05, 3.63) is 48.0 Å². The second kappa shape index (κ2) is 6.84. The first-order valence-corrected chi connectivity index (χ1v) is 8.67. The highest BCUT2D eigenvalue weighted by molar-refractivity contribution is 5.99. The molecule has 5 heteroatoms. The van der Waals surface area contributed by atoms with Gasteiger partial charge in [0.2, 0.25) is 0 Å². The van der Waals surface area contributed by atoms with Crippen LogP contribution < -0.4 is 0 Å². The minimum atomic E-state index is -1.28. The number of aliphatic carboxylic acids is 1. The highest BCUT2D eigenvalue weighted by Crippen LogP contribution is 2.36. The maximum absolute atomic E-state index is 12.9. The fourth-order valence-electron chi connectivity index (χ4n) is 3.77. The summed E-state index contributed by atoms with van der Waals surface area (Å²) >= 11 is 0. The Balaban J connectivity index is 1.89. The van der Waals surface area contributed by atoms with Crippen molar-refractivity contribution in [2.24, 2.45) is 5.41 Å². The van der Waals surface area contributed by atoms with E-state index >= 15 is 0 Å². The van der Waals surface area contributed by atoms with Crippen molar-refractivity contribution < 1.29 is 19.8 Å². The fourth-order valence-corrected chi connectivity index (χ4v) is 3.77. The van der Waals surface area contributed by atoms with Gasteiger partial charge in [0, 0.05) is 18.7 Å². The molecule has 3 rings (SSSR count). The molecule has 0 radical (unpaired) electrons. The summed E-state index contributed by atoms with van der Waals surface area (Å²) in [6.07, 6.45) is 0.350. The second-order valence-electron chi connectivity index (χ2n) is 6.80. The van der Waals surface area contributed by atoms with E-state index in [-0.39, 0.29) is 18.9 Å². The lowest BCUT2D eigenvalue weighted by atomic mass is 9.74. The zero-order valence-electron chi connectivity index (χ0n) is 14.3. The number of carboxylic acids is 1. The molecule has 1 fully saturated rings. The van der Waals surface area contributed by atoms with Gasteiger partial charge in [-0.1, -0.05) is 43.7 Å². The van der Waals surface area contributed by atoms with Crippen LogP contribution in [0, 0.1) is 5.41 Å². The van der Waals surface area contributed by atoms with Crippen LogP contribution in [-0.2, 0) is 4.79 Å². The summed E-state index contributed by atoms with van der Waals surface area (Å²) in [6.45, 7) is 2.30. The molecule has 0 unspecified atom stereocenters. The quantitative estimate of drug-likeness (QED) is 0.896. The molecule has 132 valence electrons. The van der Waals surface area contributed by atoms with Crippen LogP contribution in [-0.4, -0.2) is 46.2 Å². The lowest BCUT2D eigenvalue weighted by Gasteiger charge is -2.43. The van der Waals surface area contributed by atoms with Gasteiger partial charge in [-0.15, -0.1) is 0 Å². The van der Waals surface area contributed by atoms with Crippen molar-refractivity contribution in [3.63, 3.8) is 0 Å². The summed E-state index contributed by atoms with van der Waals surface area (Å²) in [7, 11) is 0. The molecule has 25 heavy (non-hydrogen) atoms. The summed E-state index contributed by atoms with van der Waals surface area (Å²) in [5, 5.41) is 22.0. The number of amides is 1. The van der Waals surface area contributed by atoms with Crippen molar-refractivity contribution in [2.45, 2.75) is 32.3 Å². The Hall–Kier alpha value is -2.40. The number of nitrogens with zero attached hydrogens (tertiary/aromatic N) is 1. The third-order valence-electron chi connectivity index (χ3n) is 5.19. The Morgan fingerprint density at radius 1 is 1.20 bits per heavy atom. The van der Waals surface area contributed by atoms with E-state index in [1.807, 2.05) is 43.3 Å². The molecule has 2 N–H and O–H groups in total. The average molecular weight is 341 g/mol. The molecule has 5 nitrogen and oxygen atoms in total. The summed E-state index contributed by atoms with van der Waals surface area (Å²) < 4.78 is 0. The second-order valence-corrected chi connectivity index (χ2v) is 6.80. The number of aliphatic hydroxyl groups excluding tert-OH is 1. The van der Waals surface area contributed by atoms with E-state index in [1.165, 1.54) is 0 Å². The first-order chi connectivity index (χ1) is 12.0. The van der Waals surface area contributed by atoms with E-state index in [9.17, 15) is 19.8 Å². The maximum atomic E-state index is 12.9. The first-order valence-electron chi connectivity index (χ1n) is 8.67. The Morgan fingerprint density at radius 2 is 1.92 bits per heavy atom. The van der Waals surface area contributed by atoms with Gasteiger partial charge in [-0.05, 0) is 35.7 Å². The Kier molecular flexibility index (Phi) is 4.77. The number of fused-ring (bicyclic) bond motifs is 1. The van der Waals surface area contributed by atoms with Gasteiger partial charge in [-0.2, -0.15) is 0 Å². The van der Waals surface area contributed by atoms with Gasteiger partial charge < -0.3 is 15.1 Å². The van der Waals surface area contributed by atoms with Crippen LogP contribution in [0.5, 0.6) is 0 Å². The van der Waals surface area contributed by atoms with Crippen LogP contribution in [0.3, 0.4) is 0 Å². The monoisotopic (exact) mass is 341 g/mol. The normalized spacial score (nSPS) is 23.6. The van der Waals surface area contributed by atoms with E-state index in [4.69, 9.17) is 0 Å². The summed E-state index contributed by atoms with van der Waals surface area (Å²) in [5.41, 5.74) is -0.731. The fraction of sp³-hybridized carbons (Fsp3) is 0.400. The summed E-state index contributed by atoms with van der Waals surface area (Å²) in [4.78, 5) is 26.3. The van der Waals surface area contributed by atoms with E-state index in [0.717, 1.165) is 10.8 Å². The molecule has 1 amide bonds. The maximum Gasteiger partial charge on any atom is 0.314 e. The van der Waals surface area contributed by atoms with Gasteiger partial charge >= 0.3 is 5.97 Å². The lowest BCUT2D eigenvalue weighted by Crippen LogP contribution is -2.57. The molecule has 2 aromatic rings. The van der Waals surface area contributed by atoms with E-state index in [1.54, 1.807) is 11.0 Å². The minimum Gasteiger partial charge on any atom is -0.481 e. The first kappa shape index (κ1) is 17.4. The molecule has 0 aliphatic carbocycles. The number of carboxylic acid groups (broad SMARTS) is 1. The van der Waals surface area contributed by atoms with E-state index in [0.29, 0.717) is 24.9 Å². The van der Waals surface area contributed by atoms with Crippen molar-refractivity contribution in [2.75, 3.05) is 13.1 Å². The van der Waals surface area contributed by atoms with Gasteiger partial charge in [0.1, 0.15) is 5.41 Å². The molecule has 0 bridgehead atoms. The topological polar surface area (TPSA) is 77.8 Å². The minimum absolute atomic E-state index is 0.0446. The molecule has 2 aromatic carbocycles. The molecule has 1 saturated heterocycles. The van der Waals surface area contributed by atoms with E-state index < -0.39 is 17.5 Å². The number of aliphatic hydroxyl groups is 1. The Labute approximate surface area is 146 Å². The predicted octanol–water partition coefficient (Wildman–Crippen LogP) is 2.92. The molecule has 1 aliphatic heterocycles. The molecule has 0 aromatic heterocycles. The zero-order valence-corrected chi connectivity index (χ0v) is 14.3. The van der Waals surface area contributed by atoms with Crippen LogP contribution in [0.4, 0.5) is 0 Å². The Bertz CT molecular complexity index is 803. The van der Waals surface area contributed by atoms with Crippen molar-refractivity contribution in [1.29, 1.82) is 0 Å². The molecular formula is C20H23NO4. The standard InChI is InChI=1S/C20H23NO4/c1-2-10-20(19(24)25)13-21(11-9-17(20)22)18(23)16-8-7-14-5-3-4-6-15(14)12-16/h3-8,12,17,22H,2,9-11,13H2,1H3,(H,24,25)/t17-,20-/m1/s1. The van der Waals surface area contributed by atoms with E-state index in [2.05, 4.69) is 0 Å². The third-order valence-corrected chi connectivity index (χ3v) is 5.19. The van der Waals surface area contributed by atoms with Gasteiger partial charge in [0.05, 0.1) is 6.10 Å². The van der Waals surface area contributed by atoms with Gasteiger partial charge in [0.25, 0.3) is 5.91 Å². The highest BCUT2D eigenvalue weighted by atomic mass is 16.4. The molecule has 1 heterocycles. The number of benzene rings is 2. The summed E-state index contributed by atoms with van der Waals surface area (Å²) in [6, 6.07) is 13.3. The van der Waals surface area contributed by atoms with Gasteiger partial charge in [-0.25, -0.2) is 0 Å². The van der Waals surface area contributed by atoms with Crippen LogP contribution in [0.25, 0.3) is 10.8 Å². The number of hydrogen-bond donors (Lipinski definition) is 2. The predicted molar refractivity (Wildman–Crippen MR) is 95.5 cm³/mol. The SMILES string of the molecule is CCC[C@@]1(C(=O)O)CN(C(=O)c2ccc3ccccc3c2)CC[C@H]1O. The van der Waals surface area contributed by atoms with Crippen LogP contribution in [0.15, 0.2) is 42.5 Å². The molecule has 0 saturated carbocycles. The lowest BCUT2D eigenvalue weighted by molar-refractivity contribution is -0.162. The Morgan fingerprint density at radius 3 is 2.60 bits per heavy atom. The molecule has 2 atom stereocenters. The third kappa shape index (κ3) is 3.12. The van der Waals surface area contributed by atoms with Crippen molar-refractivity contribution >= 4 is 22.6 Å². The highest BCUT2D eigenvalue weighted by Gasteiger charge is 2.49. The van der Waals surface area contributed by atoms with Crippen molar-refractivity contribution in [3.8, 4) is 0 Å². The number of likely N-dealkylation sites (tertiary alicyclic amines) is 1. The zero-order chi connectivity index (χ0) is 18.0. The van der Waals surface area contributed by atoms with Gasteiger partial charge in [-0.3, -0.25) is 9.59 Å². The molecule has 0 spiro atoms. The number of piperidine rings is 1. The van der Waals surface area contributed by atoms with Crippen LogP contribution in [0.2, 0.25) is 0 Å². The smallest absolute Gasteiger partial charge is 0.314 e. The van der Waals surface area contributed by atoms with Crippen molar-refractivity contribution in [1.82, 2.24) is 4.90 Å². The summed E-state index contributed by atoms with van der Waals surface area (Å²) in [5.74, 6) is -1.21.